The first-order valence-corrected chi connectivity index (χ1v) is 10.3. The van der Waals surface area contributed by atoms with E-state index in [0.29, 0.717) is 18.8 Å². The number of carbonyl (C=O) groups excluding carboxylic acids is 1. The van der Waals surface area contributed by atoms with Crippen LogP contribution in [0.2, 0.25) is 0 Å². The number of hydrogen-bond acceptors (Lipinski definition) is 5. The zero-order valence-electron chi connectivity index (χ0n) is 15.7. The largest absolute Gasteiger partial charge is 0.497 e. The minimum absolute atomic E-state index is 0.142. The van der Waals surface area contributed by atoms with Crippen molar-refractivity contribution in [1.29, 1.82) is 0 Å². The zero-order valence-corrected chi connectivity index (χ0v) is 16.5. The molecule has 1 aliphatic heterocycles. The van der Waals surface area contributed by atoms with Gasteiger partial charge in [-0.25, -0.2) is 4.98 Å². The molecule has 0 aliphatic carbocycles. The smallest absolute Gasteiger partial charge is 0.236 e. The van der Waals surface area contributed by atoms with Crippen LogP contribution in [0.15, 0.2) is 42.5 Å². The average Bonchev–Trinajstić information content (AvgIpc) is 3.20. The number of carbonyl (C=O) groups is 1. The first-order chi connectivity index (χ1) is 13.5. The number of rotatable bonds is 6. The Hall–Kier alpha value is -2.87. The second-order valence-corrected chi connectivity index (χ2v) is 8.25. The summed E-state index contributed by atoms with van der Waals surface area (Å²) in [5.41, 5.74) is 2.83. The van der Waals surface area contributed by atoms with Gasteiger partial charge in [-0.05, 0) is 36.2 Å². The Balaban J connectivity index is 1.42. The summed E-state index contributed by atoms with van der Waals surface area (Å²) >= 11 is 0. The molecule has 0 saturated carbocycles. The molecule has 1 amide bonds. The molecule has 4 rings (SSSR count). The minimum atomic E-state index is -1.15. The third kappa shape index (κ3) is 3.60. The molecule has 2 atom stereocenters. The molecule has 0 radical (unpaired) electrons. The van der Waals surface area contributed by atoms with Crippen LogP contribution in [0.4, 0.5) is 0 Å². The first-order valence-electron chi connectivity index (χ1n) is 8.91. The third-order valence-corrected chi connectivity index (χ3v) is 6.34. The van der Waals surface area contributed by atoms with Gasteiger partial charge in [0.15, 0.2) is 0 Å². The van der Waals surface area contributed by atoms with E-state index in [4.69, 9.17) is 9.47 Å². The summed E-state index contributed by atoms with van der Waals surface area (Å²) in [4.78, 5) is 16.3. The van der Waals surface area contributed by atoms with Crippen molar-refractivity contribution in [1.82, 2.24) is 14.9 Å². The van der Waals surface area contributed by atoms with E-state index in [-0.39, 0.29) is 11.8 Å². The van der Waals surface area contributed by atoms with Gasteiger partial charge < -0.3 is 19.4 Å². The number of nitrogens with one attached hydrogen (secondary N) is 1. The van der Waals surface area contributed by atoms with Crippen LogP contribution in [0.1, 0.15) is 11.4 Å². The summed E-state index contributed by atoms with van der Waals surface area (Å²) in [6.07, 6.45) is 0.464. The van der Waals surface area contributed by atoms with Crippen LogP contribution < -0.4 is 14.8 Å². The SMILES string of the molecule is COc1ccc2nc(COc3ccc(CC4C(=O)NCS4=O)cc3)n(C)c2c1. The van der Waals surface area contributed by atoms with Crippen molar-refractivity contribution in [3.8, 4) is 11.5 Å². The second kappa shape index (κ2) is 7.63. The van der Waals surface area contributed by atoms with Crippen LogP contribution in [0.5, 0.6) is 11.5 Å². The van der Waals surface area contributed by atoms with Gasteiger partial charge in [0.25, 0.3) is 0 Å². The Labute approximate surface area is 165 Å². The molecule has 28 heavy (non-hydrogen) atoms. The Kier molecular flexibility index (Phi) is 5.04. The summed E-state index contributed by atoms with van der Waals surface area (Å²) in [6.45, 7) is 0.335. The predicted octanol–water partition coefficient (Wildman–Crippen LogP) is 1.91. The highest BCUT2D eigenvalue weighted by molar-refractivity contribution is 7.86. The normalized spacial score (nSPS) is 19.0. The van der Waals surface area contributed by atoms with Gasteiger partial charge in [0.2, 0.25) is 5.91 Å². The standard InChI is InChI=1S/C20H21N3O4S/c1-23-17-10-15(26-2)7-8-16(17)22-19(23)11-27-14-5-3-13(4-6-14)9-18-20(24)21-12-28(18)25/h3-8,10,18H,9,11-12H2,1-2H3,(H,21,24). The van der Waals surface area contributed by atoms with Crippen molar-refractivity contribution in [3.05, 3.63) is 53.9 Å². The second-order valence-electron chi connectivity index (χ2n) is 6.63. The number of aryl methyl sites for hydroxylation is 1. The molecule has 1 aromatic heterocycles. The van der Waals surface area contributed by atoms with Crippen LogP contribution in [0.3, 0.4) is 0 Å². The van der Waals surface area contributed by atoms with E-state index in [0.717, 1.165) is 28.2 Å². The molecule has 1 aliphatic rings. The monoisotopic (exact) mass is 399 g/mol. The van der Waals surface area contributed by atoms with E-state index in [1.165, 1.54) is 0 Å². The molecule has 146 valence electrons. The van der Waals surface area contributed by atoms with Crippen molar-refractivity contribution in [3.63, 3.8) is 0 Å². The number of fused-ring (bicyclic) bond motifs is 1. The van der Waals surface area contributed by atoms with E-state index in [9.17, 15) is 9.00 Å². The van der Waals surface area contributed by atoms with Gasteiger partial charge in [0, 0.05) is 13.1 Å². The maximum atomic E-state index is 11.8. The molecule has 2 aromatic carbocycles. The summed E-state index contributed by atoms with van der Waals surface area (Å²) in [7, 11) is 2.44. The van der Waals surface area contributed by atoms with E-state index in [2.05, 4.69) is 10.3 Å². The maximum Gasteiger partial charge on any atom is 0.236 e. The van der Waals surface area contributed by atoms with E-state index >= 15 is 0 Å². The molecule has 0 spiro atoms. The molecular formula is C20H21N3O4S. The summed E-state index contributed by atoms with van der Waals surface area (Å²) in [5, 5.41) is 2.16. The molecule has 2 unspecified atom stereocenters. The Morgan fingerprint density at radius 1 is 1.21 bits per heavy atom. The molecule has 1 saturated heterocycles. The zero-order chi connectivity index (χ0) is 19.7. The van der Waals surface area contributed by atoms with Gasteiger partial charge in [0.1, 0.15) is 29.2 Å². The molecule has 0 bridgehead atoms. The topological polar surface area (TPSA) is 82.5 Å². The highest BCUT2D eigenvalue weighted by Gasteiger charge is 2.31. The summed E-state index contributed by atoms with van der Waals surface area (Å²) < 4.78 is 25.0. The number of imidazole rings is 1. The lowest BCUT2D eigenvalue weighted by molar-refractivity contribution is -0.119. The van der Waals surface area contributed by atoms with Crippen LogP contribution in [0, 0.1) is 0 Å². The quantitative estimate of drug-likeness (QED) is 0.685. The van der Waals surface area contributed by atoms with Gasteiger partial charge in [-0.15, -0.1) is 0 Å². The van der Waals surface area contributed by atoms with Crippen molar-refractivity contribution in [2.75, 3.05) is 13.0 Å². The summed E-state index contributed by atoms with van der Waals surface area (Å²) in [5.74, 6) is 2.41. The number of benzene rings is 2. The van der Waals surface area contributed by atoms with Crippen LogP contribution in [-0.4, -0.2) is 37.9 Å². The van der Waals surface area contributed by atoms with Gasteiger partial charge in [-0.2, -0.15) is 0 Å². The fraction of sp³-hybridized carbons (Fsp3) is 0.300. The molecule has 7 nitrogen and oxygen atoms in total. The lowest BCUT2D eigenvalue weighted by Crippen LogP contribution is -2.25. The first kappa shape index (κ1) is 18.5. The molecule has 3 aromatic rings. The minimum Gasteiger partial charge on any atom is -0.497 e. The van der Waals surface area contributed by atoms with Crippen LogP contribution in [-0.2, 0) is 35.7 Å². The van der Waals surface area contributed by atoms with Crippen molar-refractivity contribution in [2.45, 2.75) is 18.3 Å². The molecule has 1 N–H and O–H groups in total. The number of hydrogen-bond donors (Lipinski definition) is 1. The van der Waals surface area contributed by atoms with Crippen molar-refractivity contribution in [2.24, 2.45) is 7.05 Å². The van der Waals surface area contributed by atoms with E-state index in [1.807, 2.05) is 54.1 Å². The lowest BCUT2D eigenvalue weighted by atomic mass is 10.1. The lowest BCUT2D eigenvalue weighted by Gasteiger charge is -2.09. The predicted molar refractivity (Wildman–Crippen MR) is 107 cm³/mol. The molecule has 8 heteroatoms. The average molecular weight is 399 g/mol. The highest BCUT2D eigenvalue weighted by Crippen LogP contribution is 2.22. The van der Waals surface area contributed by atoms with E-state index < -0.39 is 16.0 Å². The fourth-order valence-electron chi connectivity index (χ4n) is 3.22. The van der Waals surface area contributed by atoms with Gasteiger partial charge >= 0.3 is 0 Å². The molecular weight excluding hydrogens is 378 g/mol. The third-order valence-electron chi connectivity index (χ3n) is 4.89. The van der Waals surface area contributed by atoms with Crippen LogP contribution in [0.25, 0.3) is 11.0 Å². The Bertz CT molecular complexity index is 1030. The number of nitrogens with zero attached hydrogens (tertiary/aromatic N) is 2. The molecule has 1 fully saturated rings. The number of ether oxygens (including phenoxy) is 2. The Morgan fingerprint density at radius 3 is 2.64 bits per heavy atom. The van der Waals surface area contributed by atoms with E-state index in [1.54, 1.807) is 7.11 Å². The summed E-state index contributed by atoms with van der Waals surface area (Å²) in [6, 6.07) is 13.3. The Morgan fingerprint density at radius 2 is 1.96 bits per heavy atom. The van der Waals surface area contributed by atoms with Gasteiger partial charge in [-0.1, -0.05) is 12.1 Å². The number of aromatic nitrogens is 2. The number of methoxy groups -OCH3 is 1. The van der Waals surface area contributed by atoms with Crippen molar-refractivity contribution >= 4 is 27.7 Å². The fourth-order valence-corrected chi connectivity index (χ4v) is 4.41. The van der Waals surface area contributed by atoms with Gasteiger partial charge in [0.05, 0.1) is 34.8 Å². The van der Waals surface area contributed by atoms with Gasteiger partial charge in [-0.3, -0.25) is 9.00 Å². The maximum absolute atomic E-state index is 11.8. The number of amides is 1. The van der Waals surface area contributed by atoms with Crippen molar-refractivity contribution < 1.29 is 18.5 Å². The highest BCUT2D eigenvalue weighted by atomic mass is 32.2. The van der Waals surface area contributed by atoms with Crippen LogP contribution >= 0.6 is 0 Å². The molecule has 2 heterocycles.